The molecule has 2 rings (SSSR count). The van der Waals surface area contributed by atoms with Crippen LogP contribution in [-0.4, -0.2) is 53.3 Å². The van der Waals surface area contributed by atoms with Gasteiger partial charge in [-0.3, -0.25) is 24.7 Å². The fourth-order valence-corrected chi connectivity index (χ4v) is 2.71. The molecule has 182 valence electrons. The zero-order valence-electron chi connectivity index (χ0n) is 18.8. The summed E-state index contributed by atoms with van der Waals surface area (Å²) in [7, 11) is 0. The topological polar surface area (TPSA) is 227 Å². The molecule has 0 spiro atoms. The number of hydrogen-bond acceptors (Lipinski definition) is 9. The maximum Gasteiger partial charge on any atom is 0.280 e. The molecular weight excluding hydrogens is 442 g/mol. The number of benzene rings is 1. The fraction of sp³-hybridized carbons (Fsp3) is 0.333. The number of guanidine groups is 1. The Morgan fingerprint density at radius 1 is 1.03 bits per heavy atom. The van der Waals surface area contributed by atoms with Crippen LogP contribution in [-0.2, 0) is 16.0 Å². The quantitative estimate of drug-likeness (QED) is 0.134. The Labute approximate surface area is 196 Å². The predicted octanol–water partition coefficient (Wildman–Crippen LogP) is -1.00. The van der Waals surface area contributed by atoms with Gasteiger partial charge >= 0.3 is 0 Å². The van der Waals surface area contributed by atoms with Crippen molar-refractivity contribution in [1.82, 2.24) is 20.6 Å². The summed E-state index contributed by atoms with van der Waals surface area (Å²) in [5.74, 6) is -1.10. The number of aliphatic imine (C=N–C) groups is 1. The van der Waals surface area contributed by atoms with Crippen molar-refractivity contribution in [2.45, 2.75) is 26.2 Å². The van der Waals surface area contributed by atoms with E-state index in [9.17, 15) is 14.4 Å². The third kappa shape index (κ3) is 8.61. The molecule has 0 aliphatic rings. The number of anilines is 2. The van der Waals surface area contributed by atoms with E-state index in [0.29, 0.717) is 18.0 Å². The van der Waals surface area contributed by atoms with Crippen LogP contribution in [0.15, 0.2) is 29.3 Å². The normalized spacial score (nSPS) is 11.0. The van der Waals surface area contributed by atoms with Crippen LogP contribution in [0.1, 0.15) is 34.6 Å². The van der Waals surface area contributed by atoms with Gasteiger partial charge in [0.1, 0.15) is 11.6 Å². The van der Waals surface area contributed by atoms with Crippen molar-refractivity contribution in [3.8, 4) is 5.75 Å². The first-order valence-corrected chi connectivity index (χ1v) is 10.4. The second-order valence-electron chi connectivity index (χ2n) is 7.28. The van der Waals surface area contributed by atoms with Crippen LogP contribution in [0.2, 0.25) is 0 Å². The lowest BCUT2D eigenvalue weighted by Gasteiger charge is -2.08. The maximum atomic E-state index is 12.2. The van der Waals surface area contributed by atoms with Crippen LogP contribution in [0.5, 0.6) is 5.75 Å². The van der Waals surface area contributed by atoms with Crippen LogP contribution >= 0.6 is 0 Å². The van der Waals surface area contributed by atoms with Crippen LogP contribution < -0.4 is 38.3 Å². The fourth-order valence-electron chi connectivity index (χ4n) is 2.71. The minimum absolute atomic E-state index is 0.0398. The molecule has 13 nitrogen and oxygen atoms in total. The minimum Gasteiger partial charge on any atom is -0.484 e. The third-order valence-electron chi connectivity index (χ3n) is 4.50. The van der Waals surface area contributed by atoms with Gasteiger partial charge in [-0.15, -0.1) is 0 Å². The van der Waals surface area contributed by atoms with Crippen molar-refractivity contribution in [3.63, 3.8) is 0 Å². The highest BCUT2D eigenvalue weighted by molar-refractivity contribution is 6.06. The standard InChI is InChI=1S/C21H29N9O4/c1-12-18(23)29-19(24)17(28-12)20(33)30-21(25)26-9-3-2-4-13-5-7-14(8-6-13)34-11-16(32)27-10-15(22)31/h5-8H,2-4,9-11H2,1H3,(H2,22,31)(H,27,32)(H4,23,24,29)(H3,25,26,30,33). The molecule has 0 radical (unpaired) electrons. The number of amides is 3. The molecule has 2 aromatic rings. The van der Waals surface area contributed by atoms with E-state index in [4.69, 9.17) is 27.7 Å². The molecule has 0 saturated carbocycles. The Kier molecular flexibility index (Phi) is 9.56. The monoisotopic (exact) mass is 471 g/mol. The van der Waals surface area contributed by atoms with E-state index in [1.165, 1.54) is 0 Å². The van der Waals surface area contributed by atoms with Crippen molar-refractivity contribution < 1.29 is 19.1 Å². The molecule has 0 fully saturated rings. The molecule has 10 N–H and O–H groups in total. The average molecular weight is 472 g/mol. The molecule has 1 heterocycles. The lowest BCUT2D eigenvalue weighted by molar-refractivity contribution is -0.126. The van der Waals surface area contributed by atoms with Gasteiger partial charge in [-0.05, 0) is 43.9 Å². The van der Waals surface area contributed by atoms with E-state index < -0.39 is 17.7 Å². The highest BCUT2D eigenvalue weighted by atomic mass is 16.5. The van der Waals surface area contributed by atoms with E-state index >= 15 is 0 Å². The average Bonchev–Trinajstić information content (AvgIpc) is 2.79. The van der Waals surface area contributed by atoms with Crippen LogP contribution in [0, 0.1) is 6.92 Å². The number of unbranched alkanes of at least 4 members (excludes halogenated alkanes) is 1. The van der Waals surface area contributed by atoms with Crippen LogP contribution in [0.3, 0.4) is 0 Å². The van der Waals surface area contributed by atoms with E-state index in [-0.39, 0.29) is 36.4 Å². The number of nitrogens with zero attached hydrogens (tertiary/aromatic N) is 3. The van der Waals surface area contributed by atoms with Gasteiger partial charge in [-0.25, -0.2) is 9.97 Å². The molecule has 13 heteroatoms. The van der Waals surface area contributed by atoms with E-state index in [1.54, 1.807) is 19.1 Å². The lowest BCUT2D eigenvalue weighted by Crippen LogP contribution is -2.38. The van der Waals surface area contributed by atoms with E-state index in [0.717, 1.165) is 24.8 Å². The number of aromatic nitrogens is 2. The van der Waals surface area contributed by atoms with E-state index in [2.05, 4.69) is 25.6 Å². The molecule has 34 heavy (non-hydrogen) atoms. The van der Waals surface area contributed by atoms with Crippen molar-refractivity contribution in [2.24, 2.45) is 16.5 Å². The predicted molar refractivity (Wildman–Crippen MR) is 127 cm³/mol. The second-order valence-corrected chi connectivity index (χ2v) is 7.28. The van der Waals surface area contributed by atoms with Gasteiger partial charge in [-0.2, -0.15) is 0 Å². The number of rotatable bonds is 11. The molecule has 3 amide bonds. The van der Waals surface area contributed by atoms with Gasteiger partial charge in [0.25, 0.3) is 11.8 Å². The summed E-state index contributed by atoms with van der Waals surface area (Å²) >= 11 is 0. The molecule has 1 aromatic carbocycles. The van der Waals surface area contributed by atoms with Gasteiger partial charge in [0.05, 0.1) is 12.2 Å². The number of carbonyl (C=O) groups excluding carboxylic acids is 3. The third-order valence-corrected chi connectivity index (χ3v) is 4.50. The van der Waals surface area contributed by atoms with Crippen molar-refractivity contribution in [1.29, 1.82) is 0 Å². The van der Waals surface area contributed by atoms with Gasteiger partial charge < -0.3 is 33.0 Å². The summed E-state index contributed by atoms with van der Waals surface area (Å²) in [6, 6.07) is 7.31. The SMILES string of the molecule is Cc1nc(C(=O)NC(N)=NCCCCc2ccc(OCC(=O)NCC(N)=O)cc2)c(N)nc1N. The number of hydrogen-bond donors (Lipinski definition) is 6. The Morgan fingerprint density at radius 2 is 1.74 bits per heavy atom. The molecular formula is C21H29N9O4. The molecule has 0 aliphatic heterocycles. The zero-order chi connectivity index (χ0) is 25.1. The smallest absolute Gasteiger partial charge is 0.280 e. The number of nitrogens with one attached hydrogen (secondary N) is 2. The van der Waals surface area contributed by atoms with Gasteiger partial charge in [-0.1, -0.05) is 12.1 Å². The Bertz CT molecular complexity index is 1050. The zero-order valence-corrected chi connectivity index (χ0v) is 18.8. The van der Waals surface area contributed by atoms with Crippen LogP contribution in [0.25, 0.3) is 0 Å². The summed E-state index contributed by atoms with van der Waals surface area (Å²) < 4.78 is 5.36. The summed E-state index contributed by atoms with van der Waals surface area (Å²) in [5.41, 5.74) is 23.4. The first kappa shape index (κ1) is 25.8. The number of nitrogen functional groups attached to an aromatic ring is 2. The van der Waals surface area contributed by atoms with Gasteiger partial charge in [0.15, 0.2) is 24.1 Å². The number of primary amides is 1. The lowest BCUT2D eigenvalue weighted by atomic mass is 10.1. The van der Waals surface area contributed by atoms with Gasteiger partial charge in [0, 0.05) is 6.54 Å². The Morgan fingerprint density at radius 3 is 2.41 bits per heavy atom. The maximum absolute atomic E-state index is 12.2. The van der Waals surface area contributed by atoms with Crippen molar-refractivity contribution >= 4 is 35.3 Å². The van der Waals surface area contributed by atoms with Crippen LogP contribution in [0.4, 0.5) is 11.6 Å². The highest BCUT2D eigenvalue weighted by Gasteiger charge is 2.15. The largest absolute Gasteiger partial charge is 0.484 e. The number of ether oxygens (including phenoxy) is 1. The second kappa shape index (κ2) is 12.6. The molecule has 0 aliphatic carbocycles. The first-order valence-electron chi connectivity index (χ1n) is 10.4. The molecule has 0 atom stereocenters. The summed E-state index contributed by atoms with van der Waals surface area (Å²) in [5, 5.41) is 4.77. The Balaban J connectivity index is 1.70. The van der Waals surface area contributed by atoms with Crippen molar-refractivity contribution in [2.75, 3.05) is 31.2 Å². The molecule has 0 saturated heterocycles. The number of aryl methyl sites for hydroxylation is 2. The first-order chi connectivity index (χ1) is 16.2. The van der Waals surface area contributed by atoms with E-state index in [1.807, 2.05) is 12.1 Å². The summed E-state index contributed by atoms with van der Waals surface area (Å²) in [6.45, 7) is 1.61. The highest BCUT2D eigenvalue weighted by Crippen LogP contribution is 2.14. The molecule has 1 aromatic heterocycles. The molecule has 0 bridgehead atoms. The number of nitrogens with two attached hydrogens (primary N) is 4. The molecule has 0 unspecified atom stereocenters. The number of carbonyl (C=O) groups is 3. The van der Waals surface area contributed by atoms with Crippen molar-refractivity contribution in [3.05, 3.63) is 41.2 Å². The minimum atomic E-state index is -0.621. The summed E-state index contributed by atoms with van der Waals surface area (Å²) in [4.78, 5) is 46.4. The Hall–Kier alpha value is -4.42. The summed E-state index contributed by atoms with van der Waals surface area (Å²) in [6.07, 6.45) is 2.39. The van der Waals surface area contributed by atoms with Gasteiger partial charge in [0.2, 0.25) is 5.91 Å².